The first-order valence-electron chi connectivity index (χ1n) is 5.32. The number of hydrogen-bond donors (Lipinski definition) is 2. The van der Waals surface area contributed by atoms with Gasteiger partial charge in [-0.25, -0.2) is 0 Å². The Hall–Kier alpha value is -2.29. The van der Waals surface area contributed by atoms with Gasteiger partial charge in [0.15, 0.2) is 0 Å². The molecule has 86 valence electrons. The zero-order chi connectivity index (χ0) is 12.3. The number of hydrogen-bond acceptors (Lipinski definition) is 2. The van der Waals surface area contributed by atoms with Crippen molar-refractivity contribution in [3.8, 4) is 16.9 Å². The first-order valence-corrected chi connectivity index (χ1v) is 5.32. The van der Waals surface area contributed by atoms with E-state index >= 15 is 0 Å². The van der Waals surface area contributed by atoms with Crippen LogP contribution in [-0.4, -0.2) is 11.0 Å². The Balaban J connectivity index is 2.36. The second kappa shape index (κ2) is 4.70. The number of nitrogens with one attached hydrogen (secondary N) is 1. The van der Waals surface area contributed by atoms with E-state index in [2.05, 4.69) is 5.32 Å². The number of phenols is 1. The molecule has 2 rings (SSSR count). The molecule has 0 bridgehead atoms. The molecular formula is C14H13NO2. The summed E-state index contributed by atoms with van der Waals surface area (Å²) < 4.78 is 0. The maximum absolute atomic E-state index is 11.0. The van der Waals surface area contributed by atoms with Crippen molar-refractivity contribution in [3.05, 3.63) is 48.5 Å². The monoisotopic (exact) mass is 227 g/mol. The van der Waals surface area contributed by atoms with E-state index in [0.717, 1.165) is 16.8 Å². The van der Waals surface area contributed by atoms with Crippen LogP contribution in [0, 0.1) is 0 Å². The zero-order valence-electron chi connectivity index (χ0n) is 9.47. The summed E-state index contributed by atoms with van der Waals surface area (Å²) in [6, 6.07) is 14.5. The summed E-state index contributed by atoms with van der Waals surface area (Å²) in [5.74, 6) is 0.130. The van der Waals surface area contributed by atoms with Crippen LogP contribution in [0.25, 0.3) is 11.1 Å². The van der Waals surface area contributed by atoms with Crippen LogP contribution in [0.15, 0.2) is 48.5 Å². The average Bonchev–Trinajstić information content (AvgIpc) is 2.28. The Bertz CT molecular complexity index is 549. The third-order valence-electron chi connectivity index (χ3n) is 2.36. The summed E-state index contributed by atoms with van der Waals surface area (Å²) >= 11 is 0. The highest BCUT2D eigenvalue weighted by molar-refractivity contribution is 5.89. The van der Waals surface area contributed by atoms with Crippen LogP contribution in [0.4, 0.5) is 5.69 Å². The van der Waals surface area contributed by atoms with E-state index in [-0.39, 0.29) is 11.7 Å². The number of aromatic hydroxyl groups is 1. The van der Waals surface area contributed by atoms with Crippen molar-refractivity contribution in [1.82, 2.24) is 0 Å². The van der Waals surface area contributed by atoms with Crippen molar-refractivity contribution in [1.29, 1.82) is 0 Å². The Morgan fingerprint density at radius 1 is 1.06 bits per heavy atom. The lowest BCUT2D eigenvalue weighted by atomic mass is 10.0. The second-order valence-electron chi connectivity index (χ2n) is 3.81. The molecule has 2 aromatic carbocycles. The van der Waals surface area contributed by atoms with Crippen molar-refractivity contribution < 1.29 is 9.90 Å². The van der Waals surface area contributed by atoms with Gasteiger partial charge >= 0.3 is 0 Å². The minimum absolute atomic E-state index is 0.0990. The van der Waals surface area contributed by atoms with Crippen LogP contribution >= 0.6 is 0 Å². The summed E-state index contributed by atoms with van der Waals surface area (Å²) in [5.41, 5.74) is 2.61. The second-order valence-corrected chi connectivity index (χ2v) is 3.81. The molecule has 2 aromatic rings. The number of benzene rings is 2. The minimum atomic E-state index is -0.0990. The van der Waals surface area contributed by atoms with Crippen LogP contribution in [0.3, 0.4) is 0 Å². The molecule has 0 saturated heterocycles. The maximum Gasteiger partial charge on any atom is 0.221 e. The molecular weight excluding hydrogens is 214 g/mol. The molecule has 2 N–H and O–H groups in total. The van der Waals surface area contributed by atoms with Crippen molar-refractivity contribution in [3.63, 3.8) is 0 Å². The van der Waals surface area contributed by atoms with Crippen LogP contribution in [-0.2, 0) is 4.79 Å². The van der Waals surface area contributed by atoms with Crippen LogP contribution in [0.2, 0.25) is 0 Å². The van der Waals surface area contributed by atoms with E-state index in [9.17, 15) is 9.90 Å². The van der Waals surface area contributed by atoms with Gasteiger partial charge in [0.05, 0.1) is 0 Å². The molecule has 3 heteroatoms. The highest BCUT2D eigenvalue weighted by atomic mass is 16.3. The lowest BCUT2D eigenvalue weighted by Crippen LogP contribution is -2.05. The molecule has 0 saturated carbocycles. The number of carbonyl (C=O) groups excluding carboxylic acids is 1. The zero-order valence-corrected chi connectivity index (χ0v) is 9.47. The molecule has 0 atom stereocenters. The Labute approximate surface area is 99.7 Å². The normalized spacial score (nSPS) is 9.94. The molecule has 0 aliphatic carbocycles. The average molecular weight is 227 g/mol. The number of anilines is 1. The molecule has 0 radical (unpaired) electrons. The molecule has 0 aromatic heterocycles. The third kappa shape index (κ3) is 2.84. The Kier molecular flexibility index (Phi) is 3.10. The van der Waals surface area contributed by atoms with E-state index in [1.165, 1.54) is 6.92 Å². The van der Waals surface area contributed by atoms with E-state index in [1.807, 2.05) is 30.3 Å². The highest BCUT2D eigenvalue weighted by Gasteiger charge is 2.01. The first-order chi connectivity index (χ1) is 8.15. The van der Waals surface area contributed by atoms with Crippen molar-refractivity contribution in [2.45, 2.75) is 6.92 Å². The molecule has 17 heavy (non-hydrogen) atoms. The summed E-state index contributed by atoms with van der Waals surface area (Å²) in [4.78, 5) is 11.0. The van der Waals surface area contributed by atoms with Gasteiger partial charge in [-0.15, -0.1) is 0 Å². The van der Waals surface area contributed by atoms with Gasteiger partial charge in [-0.1, -0.05) is 24.3 Å². The fourth-order valence-corrected chi connectivity index (χ4v) is 1.67. The molecule has 0 aliphatic rings. The van der Waals surface area contributed by atoms with Crippen LogP contribution in [0.1, 0.15) is 6.92 Å². The molecule has 0 fully saturated rings. The van der Waals surface area contributed by atoms with Crippen molar-refractivity contribution in [2.24, 2.45) is 0 Å². The number of amides is 1. The standard InChI is InChI=1S/C14H13NO2/c1-10(16)15-13-6-2-4-11(8-13)12-5-3-7-14(17)9-12/h2-9,17H,1H3,(H,15,16). The summed E-state index contributed by atoms with van der Waals surface area (Å²) in [6.07, 6.45) is 0. The van der Waals surface area contributed by atoms with Crippen LogP contribution < -0.4 is 5.32 Å². The van der Waals surface area contributed by atoms with Crippen molar-refractivity contribution in [2.75, 3.05) is 5.32 Å². The van der Waals surface area contributed by atoms with E-state index in [0.29, 0.717) is 0 Å². The first kappa shape index (κ1) is 11.2. The molecule has 1 amide bonds. The van der Waals surface area contributed by atoms with Gasteiger partial charge in [-0.2, -0.15) is 0 Å². The SMILES string of the molecule is CC(=O)Nc1cccc(-c2cccc(O)c2)c1. The Morgan fingerprint density at radius 3 is 2.35 bits per heavy atom. The lowest BCUT2D eigenvalue weighted by molar-refractivity contribution is -0.114. The topological polar surface area (TPSA) is 49.3 Å². The number of carbonyl (C=O) groups is 1. The van der Waals surface area contributed by atoms with E-state index in [4.69, 9.17) is 0 Å². The van der Waals surface area contributed by atoms with Gasteiger partial charge in [-0.05, 0) is 35.4 Å². The molecule has 0 unspecified atom stereocenters. The predicted molar refractivity (Wildman–Crippen MR) is 67.8 cm³/mol. The molecule has 3 nitrogen and oxygen atoms in total. The van der Waals surface area contributed by atoms with Crippen LogP contribution in [0.5, 0.6) is 5.75 Å². The third-order valence-corrected chi connectivity index (χ3v) is 2.36. The highest BCUT2D eigenvalue weighted by Crippen LogP contribution is 2.25. The number of rotatable bonds is 2. The molecule has 0 heterocycles. The summed E-state index contributed by atoms with van der Waals surface area (Å²) in [5, 5.41) is 12.1. The maximum atomic E-state index is 11.0. The van der Waals surface area contributed by atoms with Gasteiger partial charge < -0.3 is 10.4 Å². The van der Waals surface area contributed by atoms with E-state index < -0.39 is 0 Å². The largest absolute Gasteiger partial charge is 0.508 e. The van der Waals surface area contributed by atoms with Crippen molar-refractivity contribution >= 4 is 11.6 Å². The van der Waals surface area contributed by atoms with Gasteiger partial charge in [0.1, 0.15) is 5.75 Å². The van der Waals surface area contributed by atoms with Gasteiger partial charge in [0.25, 0.3) is 0 Å². The summed E-state index contributed by atoms with van der Waals surface area (Å²) in [7, 11) is 0. The van der Waals surface area contributed by atoms with Gasteiger partial charge in [-0.3, -0.25) is 4.79 Å². The Morgan fingerprint density at radius 2 is 1.71 bits per heavy atom. The lowest BCUT2D eigenvalue weighted by Gasteiger charge is -2.06. The summed E-state index contributed by atoms with van der Waals surface area (Å²) in [6.45, 7) is 1.47. The quantitative estimate of drug-likeness (QED) is 0.828. The van der Waals surface area contributed by atoms with E-state index in [1.54, 1.807) is 18.2 Å². The smallest absolute Gasteiger partial charge is 0.221 e. The van der Waals surface area contributed by atoms with Gasteiger partial charge in [0.2, 0.25) is 5.91 Å². The fourth-order valence-electron chi connectivity index (χ4n) is 1.67. The minimum Gasteiger partial charge on any atom is -0.508 e. The van der Waals surface area contributed by atoms with Gasteiger partial charge in [0, 0.05) is 12.6 Å². The molecule has 0 aliphatic heterocycles. The molecule has 0 spiro atoms. The fraction of sp³-hybridized carbons (Fsp3) is 0.0714. The predicted octanol–water partition coefficient (Wildman–Crippen LogP) is 3.02. The number of phenolic OH excluding ortho intramolecular Hbond substituents is 1.